The molecule has 0 spiro atoms. The SMILES string of the molecule is COc1cccc(CN(C)c2nc(N)nc(Cl)c2N)c1OCc1ccccc1F. The largest absolute Gasteiger partial charge is 0.493 e. The monoisotopic (exact) mass is 417 g/mol. The van der Waals surface area contributed by atoms with Crippen LogP contribution in [0.3, 0.4) is 0 Å². The zero-order chi connectivity index (χ0) is 21.0. The number of nitrogen functional groups attached to an aromatic ring is 2. The lowest BCUT2D eigenvalue weighted by Gasteiger charge is -2.23. The van der Waals surface area contributed by atoms with Gasteiger partial charge in [0.25, 0.3) is 0 Å². The second kappa shape index (κ2) is 8.83. The molecule has 0 saturated heterocycles. The Hall–Kier alpha value is -3.26. The van der Waals surface area contributed by atoms with Crippen LogP contribution in [-0.2, 0) is 13.2 Å². The first-order valence-electron chi connectivity index (χ1n) is 8.72. The van der Waals surface area contributed by atoms with Crippen LogP contribution in [-0.4, -0.2) is 24.1 Å². The molecule has 9 heteroatoms. The van der Waals surface area contributed by atoms with E-state index < -0.39 is 0 Å². The van der Waals surface area contributed by atoms with Crippen LogP contribution in [0.1, 0.15) is 11.1 Å². The Balaban J connectivity index is 1.89. The number of aromatic nitrogens is 2. The second-order valence-electron chi connectivity index (χ2n) is 6.29. The lowest BCUT2D eigenvalue weighted by molar-refractivity contribution is 0.276. The molecule has 0 unspecified atom stereocenters. The number of methoxy groups -OCH3 is 1. The molecule has 2 aromatic carbocycles. The van der Waals surface area contributed by atoms with Gasteiger partial charge in [-0.25, -0.2) is 4.39 Å². The zero-order valence-electron chi connectivity index (χ0n) is 16.0. The number of hydrogen-bond acceptors (Lipinski definition) is 7. The zero-order valence-corrected chi connectivity index (χ0v) is 16.8. The Morgan fingerprint density at radius 3 is 2.52 bits per heavy atom. The average molecular weight is 418 g/mol. The Labute approximate surface area is 173 Å². The Kier molecular flexibility index (Phi) is 6.23. The van der Waals surface area contributed by atoms with Gasteiger partial charge in [-0.2, -0.15) is 9.97 Å². The molecule has 3 aromatic rings. The van der Waals surface area contributed by atoms with Crippen molar-refractivity contribution in [1.82, 2.24) is 9.97 Å². The van der Waals surface area contributed by atoms with Crippen LogP contribution < -0.4 is 25.8 Å². The van der Waals surface area contributed by atoms with Gasteiger partial charge in [-0.1, -0.05) is 41.9 Å². The smallest absolute Gasteiger partial charge is 0.223 e. The summed E-state index contributed by atoms with van der Waals surface area (Å²) in [4.78, 5) is 9.78. The van der Waals surface area contributed by atoms with Gasteiger partial charge >= 0.3 is 0 Å². The molecule has 0 atom stereocenters. The van der Waals surface area contributed by atoms with Crippen molar-refractivity contribution in [2.45, 2.75) is 13.2 Å². The minimum Gasteiger partial charge on any atom is -0.493 e. The van der Waals surface area contributed by atoms with Gasteiger partial charge in [0.15, 0.2) is 22.5 Å². The van der Waals surface area contributed by atoms with E-state index in [2.05, 4.69) is 9.97 Å². The number of ether oxygens (including phenoxy) is 2. The molecule has 0 radical (unpaired) electrons. The minimum atomic E-state index is -0.333. The van der Waals surface area contributed by atoms with Crippen LogP contribution in [0.2, 0.25) is 5.15 Å². The molecule has 0 aliphatic carbocycles. The van der Waals surface area contributed by atoms with Gasteiger partial charge < -0.3 is 25.8 Å². The molecule has 0 amide bonds. The highest BCUT2D eigenvalue weighted by molar-refractivity contribution is 6.32. The van der Waals surface area contributed by atoms with Gasteiger partial charge in [-0.05, 0) is 12.1 Å². The average Bonchev–Trinajstić information content (AvgIpc) is 2.70. The number of nitrogens with zero attached hydrogens (tertiary/aromatic N) is 3. The van der Waals surface area contributed by atoms with Crippen molar-refractivity contribution in [3.05, 3.63) is 64.6 Å². The number of hydrogen-bond donors (Lipinski definition) is 2. The summed E-state index contributed by atoms with van der Waals surface area (Å²) in [6, 6.07) is 11.9. The lowest BCUT2D eigenvalue weighted by atomic mass is 10.1. The Morgan fingerprint density at radius 1 is 1.07 bits per heavy atom. The van der Waals surface area contributed by atoms with Crippen molar-refractivity contribution in [1.29, 1.82) is 0 Å². The van der Waals surface area contributed by atoms with Crippen molar-refractivity contribution >= 4 is 29.1 Å². The van der Waals surface area contributed by atoms with Gasteiger partial charge in [0.2, 0.25) is 5.95 Å². The van der Waals surface area contributed by atoms with E-state index in [-0.39, 0.29) is 29.2 Å². The molecule has 7 nitrogen and oxygen atoms in total. The number of anilines is 3. The first-order valence-corrected chi connectivity index (χ1v) is 9.10. The van der Waals surface area contributed by atoms with Gasteiger partial charge in [-0.3, -0.25) is 0 Å². The van der Waals surface area contributed by atoms with Crippen molar-refractivity contribution in [3.63, 3.8) is 0 Å². The van der Waals surface area contributed by atoms with Crippen molar-refractivity contribution in [2.75, 3.05) is 30.5 Å². The van der Waals surface area contributed by atoms with Crippen LogP contribution in [0.25, 0.3) is 0 Å². The molecule has 0 fully saturated rings. The molecule has 0 aliphatic heterocycles. The molecule has 152 valence electrons. The van der Waals surface area contributed by atoms with Crippen LogP contribution in [0.5, 0.6) is 11.5 Å². The molecule has 1 heterocycles. The quantitative estimate of drug-likeness (QED) is 0.566. The van der Waals surface area contributed by atoms with E-state index in [0.717, 1.165) is 5.56 Å². The summed E-state index contributed by atoms with van der Waals surface area (Å²) in [5.74, 6) is 1.11. The molecule has 29 heavy (non-hydrogen) atoms. The Bertz CT molecular complexity index is 1020. The maximum absolute atomic E-state index is 14.0. The Morgan fingerprint density at radius 2 is 1.79 bits per heavy atom. The van der Waals surface area contributed by atoms with Gasteiger partial charge in [0.05, 0.1) is 7.11 Å². The number of nitrogens with two attached hydrogens (primary N) is 2. The third-order valence-corrected chi connectivity index (χ3v) is 4.56. The summed E-state index contributed by atoms with van der Waals surface area (Å²) in [6.07, 6.45) is 0. The van der Waals surface area contributed by atoms with E-state index >= 15 is 0 Å². The van der Waals surface area contributed by atoms with Crippen LogP contribution >= 0.6 is 11.6 Å². The van der Waals surface area contributed by atoms with Crippen LogP contribution in [0.15, 0.2) is 42.5 Å². The molecule has 1 aromatic heterocycles. The first-order chi connectivity index (χ1) is 13.9. The molecule has 0 aliphatic rings. The standard InChI is InChI=1S/C20H21ClFN5O2/c1-27(19-16(23)18(21)25-20(24)26-19)10-12-7-5-9-15(28-2)17(12)29-11-13-6-3-4-8-14(13)22/h3-9H,10-11,23H2,1-2H3,(H2,24,25,26). The van der Waals surface area contributed by atoms with Gasteiger partial charge in [0, 0.05) is 24.7 Å². The van der Waals surface area contributed by atoms with Gasteiger partial charge in [0.1, 0.15) is 18.1 Å². The van der Waals surface area contributed by atoms with E-state index in [0.29, 0.717) is 29.4 Å². The van der Waals surface area contributed by atoms with E-state index in [1.807, 2.05) is 12.1 Å². The third-order valence-electron chi connectivity index (χ3n) is 4.28. The topological polar surface area (TPSA) is 99.5 Å². The molecular weight excluding hydrogens is 397 g/mol. The van der Waals surface area contributed by atoms with Crippen LogP contribution in [0.4, 0.5) is 21.8 Å². The fraction of sp³-hybridized carbons (Fsp3) is 0.200. The number of rotatable bonds is 7. The fourth-order valence-corrected chi connectivity index (χ4v) is 3.01. The number of halogens is 2. The summed E-state index contributed by atoms with van der Waals surface area (Å²) in [6.45, 7) is 0.416. The van der Waals surface area contributed by atoms with Crippen LogP contribution in [0, 0.1) is 5.82 Å². The predicted molar refractivity (Wildman–Crippen MR) is 112 cm³/mol. The molecule has 0 bridgehead atoms. The summed E-state index contributed by atoms with van der Waals surface area (Å²) < 4.78 is 25.3. The van der Waals surface area contributed by atoms with E-state index in [9.17, 15) is 4.39 Å². The van der Waals surface area contributed by atoms with Gasteiger partial charge in [-0.15, -0.1) is 0 Å². The molecule has 3 rings (SSSR count). The van der Waals surface area contributed by atoms with Crippen molar-refractivity contribution < 1.29 is 13.9 Å². The lowest BCUT2D eigenvalue weighted by Crippen LogP contribution is -2.21. The number of para-hydroxylation sites is 1. The summed E-state index contributed by atoms with van der Waals surface area (Å²) >= 11 is 6.01. The number of benzene rings is 2. The molecule has 0 saturated carbocycles. The highest BCUT2D eigenvalue weighted by Crippen LogP contribution is 2.34. The maximum atomic E-state index is 14.0. The van der Waals surface area contributed by atoms with E-state index in [4.69, 9.17) is 32.5 Å². The second-order valence-corrected chi connectivity index (χ2v) is 6.65. The highest BCUT2D eigenvalue weighted by atomic mass is 35.5. The maximum Gasteiger partial charge on any atom is 0.223 e. The third kappa shape index (κ3) is 4.60. The van der Waals surface area contributed by atoms with E-state index in [1.54, 1.807) is 43.3 Å². The molecular formula is C20H21ClFN5O2. The van der Waals surface area contributed by atoms with Crippen molar-refractivity contribution in [2.24, 2.45) is 0 Å². The minimum absolute atomic E-state index is 0.0210. The predicted octanol–water partition coefficient (Wildman–Crippen LogP) is 3.66. The molecule has 4 N–H and O–H groups in total. The first kappa shape index (κ1) is 20.5. The normalized spacial score (nSPS) is 10.6. The summed E-state index contributed by atoms with van der Waals surface area (Å²) in [5.41, 5.74) is 13.1. The summed E-state index contributed by atoms with van der Waals surface area (Å²) in [5, 5.41) is 0.0843. The van der Waals surface area contributed by atoms with E-state index in [1.165, 1.54) is 6.07 Å². The van der Waals surface area contributed by atoms with Crippen molar-refractivity contribution in [3.8, 4) is 11.5 Å². The summed E-state index contributed by atoms with van der Waals surface area (Å²) in [7, 11) is 3.33. The highest BCUT2D eigenvalue weighted by Gasteiger charge is 2.17. The fourth-order valence-electron chi connectivity index (χ4n) is 2.84.